The number of halogens is 2. The Kier molecular flexibility index (Phi) is 6.01. The number of carbonyl (C=O) groups is 2. The van der Waals surface area contributed by atoms with Gasteiger partial charge in [0.2, 0.25) is 5.91 Å². The molecule has 0 fully saturated rings. The van der Waals surface area contributed by atoms with Gasteiger partial charge in [-0.25, -0.2) is 0 Å². The van der Waals surface area contributed by atoms with Crippen LogP contribution in [-0.2, 0) is 30.7 Å². The average Bonchev–Trinajstić information content (AvgIpc) is 3.18. The van der Waals surface area contributed by atoms with E-state index < -0.39 is 0 Å². The van der Waals surface area contributed by atoms with Crippen LogP contribution in [0.5, 0.6) is 0 Å². The van der Waals surface area contributed by atoms with Crippen molar-refractivity contribution in [3.8, 4) is 0 Å². The summed E-state index contributed by atoms with van der Waals surface area (Å²) in [5.41, 5.74) is 3.57. The van der Waals surface area contributed by atoms with E-state index in [9.17, 15) is 9.59 Å². The molecule has 0 radical (unpaired) electrons. The molecule has 2 N–H and O–H groups in total. The number of aromatic nitrogens is 3. The van der Waals surface area contributed by atoms with Crippen LogP contribution < -0.4 is 5.32 Å². The third kappa shape index (κ3) is 4.47. The van der Waals surface area contributed by atoms with E-state index in [0.29, 0.717) is 41.8 Å². The molecule has 1 aliphatic rings. The summed E-state index contributed by atoms with van der Waals surface area (Å²) in [7, 11) is 0. The van der Waals surface area contributed by atoms with Crippen molar-refractivity contribution in [3.05, 3.63) is 80.8 Å². The van der Waals surface area contributed by atoms with E-state index in [1.54, 1.807) is 35.5 Å². The molecule has 0 atom stereocenters. The first-order valence-electron chi connectivity index (χ1n) is 9.46. The van der Waals surface area contributed by atoms with Gasteiger partial charge in [0.05, 0.1) is 6.42 Å². The van der Waals surface area contributed by atoms with E-state index in [0.717, 1.165) is 22.4 Å². The lowest BCUT2D eigenvalue weighted by molar-refractivity contribution is -0.131. The summed E-state index contributed by atoms with van der Waals surface area (Å²) in [5, 5.41) is 11.0. The fraction of sp³-hybridized carbons (Fsp3) is 0.238. The van der Waals surface area contributed by atoms with Crippen LogP contribution in [0.15, 0.2) is 42.7 Å². The maximum absolute atomic E-state index is 12.8. The monoisotopic (exact) mass is 443 g/mol. The predicted molar refractivity (Wildman–Crippen MR) is 113 cm³/mol. The number of nitrogens with zero attached hydrogens (tertiary/aromatic N) is 3. The SMILES string of the molecule is O=C(NCc1cccnc1)c1n[nH]c2c1CN(C(=O)Cc1ccc(Cl)cc1Cl)CC2. The van der Waals surface area contributed by atoms with Gasteiger partial charge in [0.25, 0.3) is 5.91 Å². The van der Waals surface area contributed by atoms with Crippen molar-refractivity contribution >= 4 is 35.0 Å². The quantitative estimate of drug-likeness (QED) is 0.633. The fourth-order valence-corrected chi connectivity index (χ4v) is 3.88. The summed E-state index contributed by atoms with van der Waals surface area (Å²) >= 11 is 12.1. The minimum absolute atomic E-state index is 0.0622. The smallest absolute Gasteiger partial charge is 0.272 e. The number of benzene rings is 1. The molecule has 30 heavy (non-hydrogen) atoms. The van der Waals surface area contributed by atoms with Crippen molar-refractivity contribution in [2.24, 2.45) is 0 Å². The number of rotatable bonds is 5. The highest BCUT2D eigenvalue weighted by atomic mass is 35.5. The molecule has 3 heterocycles. The van der Waals surface area contributed by atoms with Crippen molar-refractivity contribution in [1.29, 1.82) is 0 Å². The Morgan fingerprint density at radius 1 is 1.23 bits per heavy atom. The van der Waals surface area contributed by atoms with Crippen molar-refractivity contribution < 1.29 is 9.59 Å². The minimum Gasteiger partial charge on any atom is -0.346 e. The number of H-pyrrole nitrogens is 1. The maximum atomic E-state index is 12.8. The molecule has 4 rings (SSSR count). The third-order valence-corrected chi connectivity index (χ3v) is 5.62. The van der Waals surface area contributed by atoms with Crippen LogP contribution in [0.4, 0.5) is 0 Å². The molecule has 1 aliphatic heterocycles. The Morgan fingerprint density at radius 2 is 2.10 bits per heavy atom. The van der Waals surface area contributed by atoms with Crippen LogP contribution >= 0.6 is 23.2 Å². The topological polar surface area (TPSA) is 91.0 Å². The van der Waals surface area contributed by atoms with Gasteiger partial charge >= 0.3 is 0 Å². The summed E-state index contributed by atoms with van der Waals surface area (Å²) in [6, 6.07) is 8.79. The lowest BCUT2D eigenvalue weighted by Crippen LogP contribution is -2.37. The molecule has 0 bridgehead atoms. The number of aromatic amines is 1. The third-order valence-electron chi connectivity index (χ3n) is 5.03. The lowest BCUT2D eigenvalue weighted by Gasteiger charge is -2.27. The van der Waals surface area contributed by atoms with Gasteiger partial charge < -0.3 is 10.2 Å². The van der Waals surface area contributed by atoms with E-state index in [-0.39, 0.29) is 18.2 Å². The van der Waals surface area contributed by atoms with Gasteiger partial charge in [-0.2, -0.15) is 5.10 Å². The van der Waals surface area contributed by atoms with Crippen LogP contribution in [0, 0.1) is 0 Å². The molecule has 7 nitrogen and oxygen atoms in total. The Bertz CT molecular complexity index is 1080. The molecule has 2 amide bonds. The van der Waals surface area contributed by atoms with Gasteiger partial charge in [-0.05, 0) is 29.3 Å². The number of pyridine rings is 1. The number of carbonyl (C=O) groups excluding carboxylic acids is 2. The molecular weight excluding hydrogens is 425 g/mol. The Hall–Kier alpha value is -2.90. The van der Waals surface area contributed by atoms with Crippen LogP contribution in [0.3, 0.4) is 0 Å². The van der Waals surface area contributed by atoms with Gasteiger partial charge in [-0.3, -0.25) is 19.7 Å². The van der Waals surface area contributed by atoms with Crippen LogP contribution in [-0.4, -0.2) is 38.4 Å². The highest BCUT2D eigenvalue weighted by Crippen LogP contribution is 2.24. The largest absolute Gasteiger partial charge is 0.346 e. The van der Waals surface area contributed by atoms with E-state index in [1.165, 1.54) is 0 Å². The van der Waals surface area contributed by atoms with Crippen molar-refractivity contribution in [3.63, 3.8) is 0 Å². The number of nitrogens with one attached hydrogen (secondary N) is 2. The van der Waals surface area contributed by atoms with E-state index >= 15 is 0 Å². The molecule has 0 saturated carbocycles. The molecular formula is C21H19Cl2N5O2. The van der Waals surface area contributed by atoms with Gasteiger partial charge in [0.15, 0.2) is 5.69 Å². The summed E-state index contributed by atoms with van der Waals surface area (Å²) in [5.74, 6) is -0.348. The maximum Gasteiger partial charge on any atom is 0.272 e. The molecule has 0 aliphatic carbocycles. The Balaban J connectivity index is 1.43. The van der Waals surface area contributed by atoms with Crippen molar-refractivity contribution in [2.45, 2.75) is 25.9 Å². The van der Waals surface area contributed by atoms with E-state index in [1.807, 2.05) is 12.1 Å². The van der Waals surface area contributed by atoms with Gasteiger partial charge in [0, 0.05) is 59.8 Å². The second-order valence-corrected chi connectivity index (χ2v) is 7.89. The van der Waals surface area contributed by atoms with Gasteiger partial charge in [-0.1, -0.05) is 35.3 Å². The summed E-state index contributed by atoms with van der Waals surface area (Å²) < 4.78 is 0. The van der Waals surface area contributed by atoms with Crippen molar-refractivity contribution in [2.75, 3.05) is 6.54 Å². The van der Waals surface area contributed by atoms with Crippen molar-refractivity contribution in [1.82, 2.24) is 25.4 Å². The molecule has 2 aromatic heterocycles. The molecule has 1 aromatic carbocycles. The molecule has 154 valence electrons. The van der Waals surface area contributed by atoms with Crippen LogP contribution in [0.1, 0.15) is 32.9 Å². The molecule has 0 spiro atoms. The average molecular weight is 444 g/mol. The number of amides is 2. The van der Waals surface area contributed by atoms with Crippen LogP contribution in [0.2, 0.25) is 10.0 Å². The highest BCUT2D eigenvalue weighted by Gasteiger charge is 2.28. The number of hydrogen-bond acceptors (Lipinski definition) is 4. The molecule has 3 aromatic rings. The normalized spacial score (nSPS) is 13.1. The Labute approximate surface area is 183 Å². The fourth-order valence-electron chi connectivity index (χ4n) is 3.40. The zero-order valence-electron chi connectivity index (χ0n) is 16.0. The first-order valence-corrected chi connectivity index (χ1v) is 10.2. The second kappa shape index (κ2) is 8.85. The Morgan fingerprint density at radius 3 is 2.87 bits per heavy atom. The predicted octanol–water partition coefficient (Wildman–Crippen LogP) is 3.17. The lowest BCUT2D eigenvalue weighted by atomic mass is 10.0. The molecule has 0 saturated heterocycles. The van der Waals surface area contributed by atoms with Crippen LogP contribution in [0.25, 0.3) is 0 Å². The van der Waals surface area contributed by atoms with E-state index in [4.69, 9.17) is 23.2 Å². The van der Waals surface area contributed by atoms with Gasteiger partial charge in [0.1, 0.15) is 0 Å². The molecule has 9 heteroatoms. The van der Waals surface area contributed by atoms with Gasteiger partial charge in [-0.15, -0.1) is 0 Å². The van der Waals surface area contributed by atoms with E-state index in [2.05, 4.69) is 20.5 Å². The summed E-state index contributed by atoms with van der Waals surface area (Å²) in [6.45, 7) is 1.23. The first-order chi connectivity index (χ1) is 14.5. The highest BCUT2D eigenvalue weighted by molar-refractivity contribution is 6.35. The zero-order chi connectivity index (χ0) is 21.1. The summed E-state index contributed by atoms with van der Waals surface area (Å²) in [4.78, 5) is 31.2. The number of fused-ring (bicyclic) bond motifs is 1. The summed E-state index contributed by atoms with van der Waals surface area (Å²) in [6.07, 6.45) is 4.16. The molecule has 0 unspecified atom stereocenters. The number of hydrogen-bond donors (Lipinski definition) is 2. The minimum atomic E-state index is -0.286. The zero-order valence-corrected chi connectivity index (χ0v) is 17.5. The first kappa shape index (κ1) is 20.4. The standard InChI is InChI=1S/C21H19Cl2N5O2/c22-15-4-3-14(17(23)9-15)8-19(29)28-7-5-18-16(12-28)20(27-26-18)21(30)25-11-13-2-1-6-24-10-13/h1-4,6,9-10H,5,7-8,11-12H2,(H,25,30)(H,26,27). The second-order valence-electron chi connectivity index (χ2n) is 7.05.